The highest BCUT2D eigenvalue weighted by Crippen LogP contribution is 2.46. The molecule has 2 heterocycles. The first-order chi connectivity index (χ1) is 21.3. The van der Waals surface area contributed by atoms with Crippen molar-refractivity contribution in [1.82, 2.24) is 19.2 Å². The van der Waals surface area contributed by atoms with E-state index in [0.717, 1.165) is 43.0 Å². The van der Waals surface area contributed by atoms with Crippen molar-refractivity contribution in [2.75, 3.05) is 26.7 Å². The molecule has 0 aromatic heterocycles. The SMILES string of the molecule is CN1CC(C)(C)C[C@H]1C(=O)N[C@@H]1CC[C@@H](Oc2cccc(C(=O)NS(=O)(=O)N3CC(F)C3)c2-c2cccc(F)c2C2CCC2)C1. The maximum Gasteiger partial charge on any atom is 0.304 e. The number of carbonyl (C=O) groups excluding carboxylic acids is 2. The van der Waals surface area contributed by atoms with Gasteiger partial charge in [-0.05, 0) is 79.8 Å². The molecule has 2 aliphatic carbocycles. The Bertz CT molecular complexity index is 1570. The molecule has 4 fully saturated rings. The molecule has 12 heteroatoms. The fraction of sp³-hybridized carbons (Fsp3) is 0.576. The number of benzene rings is 2. The fourth-order valence-corrected chi connectivity index (χ4v) is 8.45. The van der Waals surface area contributed by atoms with E-state index in [9.17, 15) is 22.4 Å². The van der Waals surface area contributed by atoms with Crippen LogP contribution in [0.3, 0.4) is 0 Å². The zero-order valence-electron chi connectivity index (χ0n) is 26.0. The lowest BCUT2D eigenvalue weighted by Crippen LogP contribution is -2.56. The topological polar surface area (TPSA) is 108 Å². The first kappa shape index (κ1) is 31.9. The van der Waals surface area contributed by atoms with Crippen LogP contribution in [0.4, 0.5) is 8.78 Å². The normalized spacial score (nSPS) is 25.8. The molecule has 45 heavy (non-hydrogen) atoms. The summed E-state index contributed by atoms with van der Waals surface area (Å²) >= 11 is 0. The molecule has 0 spiro atoms. The molecular weight excluding hydrogens is 602 g/mol. The maximum atomic E-state index is 15.4. The molecule has 9 nitrogen and oxygen atoms in total. The van der Waals surface area contributed by atoms with E-state index in [4.69, 9.17) is 4.74 Å². The minimum absolute atomic E-state index is 0.0143. The van der Waals surface area contributed by atoms with Gasteiger partial charge in [0.25, 0.3) is 5.91 Å². The minimum Gasteiger partial charge on any atom is -0.490 e. The smallest absolute Gasteiger partial charge is 0.304 e. The fourth-order valence-electron chi connectivity index (χ4n) is 7.26. The Morgan fingerprint density at radius 3 is 2.42 bits per heavy atom. The van der Waals surface area contributed by atoms with Crippen LogP contribution in [-0.2, 0) is 15.0 Å². The number of alkyl halides is 1. The third-order valence-corrected chi connectivity index (χ3v) is 11.2. The lowest BCUT2D eigenvalue weighted by atomic mass is 9.76. The summed E-state index contributed by atoms with van der Waals surface area (Å²) in [6, 6.07) is 9.27. The van der Waals surface area contributed by atoms with Crippen LogP contribution in [0.1, 0.15) is 80.6 Å². The maximum absolute atomic E-state index is 15.4. The van der Waals surface area contributed by atoms with E-state index < -0.39 is 22.3 Å². The van der Waals surface area contributed by atoms with Crippen molar-refractivity contribution in [2.24, 2.45) is 5.41 Å². The van der Waals surface area contributed by atoms with Gasteiger partial charge in [0.15, 0.2) is 0 Å². The number of hydrogen-bond donors (Lipinski definition) is 2. The van der Waals surface area contributed by atoms with Crippen molar-refractivity contribution in [3.05, 3.63) is 53.3 Å². The summed E-state index contributed by atoms with van der Waals surface area (Å²) in [5.74, 6) is -0.957. The zero-order chi connectivity index (χ0) is 32.1. The van der Waals surface area contributed by atoms with Crippen LogP contribution in [0, 0.1) is 11.2 Å². The largest absolute Gasteiger partial charge is 0.490 e. The van der Waals surface area contributed by atoms with Gasteiger partial charge in [0.1, 0.15) is 23.8 Å². The predicted octanol–water partition coefficient (Wildman–Crippen LogP) is 4.53. The van der Waals surface area contributed by atoms with Gasteiger partial charge in [-0.1, -0.05) is 38.5 Å². The van der Waals surface area contributed by atoms with Crippen LogP contribution in [-0.4, -0.2) is 80.5 Å². The number of ether oxygens (including phenoxy) is 1. The number of rotatable bonds is 9. The van der Waals surface area contributed by atoms with E-state index in [0.29, 0.717) is 35.3 Å². The zero-order valence-corrected chi connectivity index (χ0v) is 26.8. The second-order valence-electron chi connectivity index (χ2n) is 13.9. The summed E-state index contributed by atoms with van der Waals surface area (Å²) in [6.07, 6.45) is 3.78. The van der Waals surface area contributed by atoms with E-state index >= 15 is 4.39 Å². The third kappa shape index (κ3) is 6.59. The van der Waals surface area contributed by atoms with Crippen LogP contribution >= 0.6 is 0 Å². The average Bonchev–Trinajstić information content (AvgIpc) is 3.47. The van der Waals surface area contributed by atoms with Crippen molar-refractivity contribution in [1.29, 1.82) is 0 Å². The Morgan fingerprint density at radius 2 is 1.78 bits per heavy atom. The Labute approximate surface area is 263 Å². The monoisotopic (exact) mass is 644 g/mol. The van der Waals surface area contributed by atoms with E-state index in [1.165, 1.54) is 12.1 Å². The molecule has 2 aromatic rings. The average molecular weight is 645 g/mol. The van der Waals surface area contributed by atoms with E-state index in [1.54, 1.807) is 24.3 Å². The number of hydrogen-bond acceptors (Lipinski definition) is 6. The van der Waals surface area contributed by atoms with Gasteiger partial charge in [0.05, 0.1) is 11.6 Å². The van der Waals surface area contributed by atoms with Crippen LogP contribution < -0.4 is 14.8 Å². The second kappa shape index (κ2) is 12.3. The Kier molecular flexibility index (Phi) is 8.68. The van der Waals surface area contributed by atoms with Crippen molar-refractivity contribution >= 4 is 22.0 Å². The molecule has 2 aliphatic heterocycles. The first-order valence-corrected chi connectivity index (χ1v) is 17.3. The third-order valence-electron chi connectivity index (χ3n) is 9.75. The van der Waals surface area contributed by atoms with E-state index in [1.807, 2.05) is 7.05 Å². The molecule has 2 saturated heterocycles. The molecular formula is C33H42F2N4O5S. The van der Waals surface area contributed by atoms with Gasteiger partial charge >= 0.3 is 10.2 Å². The van der Waals surface area contributed by atoms with Crippen LogP contribution in [0.25, 0.3) is 11.1 Å². The highest BCUT2D eigenvalue weighted by molar-refractivity contribution is 7.87. The van der Waals surface area contributed by atoms with Crippen molar-refractivity contribution in [3.8, 4) is 16.9 Å². The summed E-state index contributed by atoms with van der Waals surface area (Å²) in [5.41, 5.74) is 1.39. The molecule has 0 radical (unpaired) electrons. The number of carbonyl (C=O) groups is 2. The number of amides is 2. The molecule has 4 aliphatic rings. The van der Waals surface area contributed by atoms with Gasteiger partial charge in [-0.25, -0.2) is 13.5 Å². The van der Waals surface area contributed by atoms with Crippen LogP contribution in [0.5, 0.6) is 5.75 Å². The Hall–Kier alpha value is -3.09. The lowest BCUT2D eigenvalue weighted by Gasteiger charge is -2.33. The number of nitrogens with one attached hydrogen (secondary N) is 2. The number of halogens is 2. The standard InChI is InChI=1S/C33H42F2N4O5S/c1-33(2)16-27(38(3)19-33)32(41)36-22-13-14-23(15-22)44-28-12-6-10-25(31(40)37-45(42,43)39-17-21(34)18-39)30(28)24-9-5-11-26(35)29(24)20-7-4-8-20/h5-6,9-12,20-23,27H,4,7-8,13-19H2,1-3H3,(H,36,41)(H,37,40)/t22-,23-,27+/m1/s1. The predicted molar refractivity (Wildman–Crippen MR) is 166 cm³/mol. The summed E-state index contributed by atoms with van der Waals surface area (Å²) in [5, 5.41) is 3.21. The number of nitrogens with zero attached hydrogens (tertiary/aromatic N) is 2. The van der Waals surface area contributed by atoms with Crippen molar-refractivity contribution in [3.63, 3.8) is 0 Å². The van der Waals surface area contributed by atoms with Gasteiger partial charge in [-0.15, -0.1) is 0 Å². The molecule has 3 atom stereocenters. The molecule has 2 aromatic carbocycles. The summed E-state index contributed by atoms with van der Waals surface area (Å²) < 4.78 is 63.9. The molecule has 6 rings (SSSR count). The first-order valence-electron chi connectivity index (χ1n) is 15.9. The van der Waals surface area contributed by atoms with Gasteiger partial charge < -0.3 is 10.1 Å². The lowest BCUT2D eigenvalue weighted by molar-refractivity contribution is -0.125. The molecule has 0 bridgehead atoms. The molecule has 0 unspecified atom stereocenters. The van der Waals surface area contributed by atoms with Gasteiger partial charge in [-0.2, -0.15) is 12.7 Å². The quantitative estimate of drug-likeness (QED) is 0.416. The summed E-state index contributed by atoms with van der Waals surface area (Å²) in [4.78, 5) is 28.8. The summed E-state index contributed by atoms with van der Waals surface area (Å²) in [7, 11) is -2.29. The molecule has 2 N–H and O–H groups in total. The Morgan fingerprint density at radius 1 is 1.04 bits per heavy atom. The van der Waals surface area contributed by atoms with E-state index in [2.05, 4.69) is 28.8 Å². The van der Waals surface area contributed by atoms with Gasteiger partial charge in [-0.3, -0.25) is 14.5 Å². The van der Waals surface area contributed by atoms with E-state index in [-0.39, 0.29) is 59.9 Å². The minimum atomic E-state index is -4.27. The number of likely N-dealkylation sites (N-methyl/N-ethyl adjacent to an activating group) is 1. The van der Waals surface area contributed by atoms with Gasteiger partial charge in [0, 0.05) is 37.7 Å². The van der Waals surface area contributed by atoms with Crippen molar-refractivity contribution in [2.45, 2.75) is 89.1 Å². The van der Waals surface area contributed by atoms with Gasteiger partial charge in [0.2, 0.25) is 5.91 Å². The highest BCUT2D eigenvalue weighted by Gasteiger charge is 2.41. The summed E-state index contributed by atoms with van der Waals surface area (Å²) in [6.45, 7) is 4.55. The second-order valence-corrected chi connectivity index (χ2v) is 15.6. The van der Waals surface area contributed by atoms with Crippen molar-refractivity contribution < 1.29 is 31.5 Å². The van der Waals surface area contributed by atoms with Crippen LogP contribution in [0.2, 0.25) is 0 Å². The molecule has 2 amide bonds. The van der Waals surface area contributed by atoms with Crippen LogP contribution in [0.15, 0.2) is 36.4 Å². The Balaban J connectivity index is 1.26. The molecule has 2 saturated carbocycles. The number of likely N-dealkylation sites (tertiary alicyclic amines) is 1. The highest BCUT2D eigenvalue weighted by atomic mass is 32.2. The molecule has 244 valence electrons.